The number of carboxylic acid groups (broad SMARTS) is 1. The molecule has 3 N–H and O–H groups in total. The number of hydrogen-bond acceptors (Lipinski definition) is 4. The molecule has 1 atom stereocenters. The minimum Gasteiger partial charge on any atom is -0.478 e. The number of methoxy groups -OCH3 is 1. The van der Waals surface area contributed by atoms with E-state index in [0.717, 1.165) is 13.0 Å². The maximum Gasteiger partial charge on any atom is 0.337 e. The van der Waals surface area contributed by atoms with Crippen LogP contribution in [0.25, 0.3) is 0 Å². The molecule has 0 amide bonds. The monoisotopic (exact) mass is 236 g/mol. The van der Waals surface area contributed by atoms with E-state index >= 15 is 0 Å². The first-order valence-corrected chi connectivity index (χ1v) is 5.53. The van der Waals surface area contributed by atoms with Crippen molar-refractivity contribution in [3.63, 3.8) is 0 Å². The van der Waals surface area contributed by atoms with Gasteiger partial charge in [-0.3, -0.25) is 0 Å². The Hall–Kier alpha value is -1.75. The fraction of sp³-hybridized carbons (Fsp3) is 0.417. The summed E-state index contributed by atoms with van der Waals surface area (Å²) in [6, 6.07) is 4.96. The van der Waals surface area contributed by atoms with Crippen molar-refractivity contribution in [2.24, 2.45) is 0 Å². The van der Waals surface area contributed by atoms with E-state index in [9.17, 15) is 4.79 Å². The number of nitrogen functional groups attached to an aromatic ring is 1. The Labute approximate surface area is 99.8 Å². The number of carbonyl (C=O) groups is 1. The van der Waals surface area contributed by atoms with Crippen LogP contribution in [-0.4, -0.2) is 37.4 Å². The summed E-state index contributed by atoms with van der Waals surface area (Å²) in [5, 5.41) is 9.16. The van der Waals surface area contributed by atoms with Gasteiger partial charge in [-0.05, 0) is 18.6 Å². The van der Waals surface area contributed by atoms with Crippen molar-refractivity contribution in [2.75, 3.05) is 30.8 Å². The SMILES string of the molecule is COC1CCN(c2c(N)cccc2C(=O)O)C1. The first-order chi connectivity index (χ1) is 8.13. The summed E-state index contributed by atoms with van der Waals surface area (Å²) in [5.74, 6) is -0.951. The van der Waals surface area contributed by atoms with Gasteiger partial charge in [0.05, 0.1) is 23.0 Å². The zero-order valence-corrected chi connectivity index (χ0v) is 9.72. The number of carboxylic acids is 1. The van der Waals surface area contributed by atoms with Crippen molar-refractivity contribution < 1.29 is 14.6 Å². The van der Waals surface area contributed by atoms with E-state index in [4.69, 9.17) is 15.6 Å². The second-order valence-electron chi connectivity index (χ2n) is 4.14. The van der Waals surface area contributed by atoms with Gasteiger partial charge in [0, 0.05) is 20.2 Å². The molecule has 1 unspecified atom stereocenters. The molecular formula is C12H16N2O3. The van der Waals surface area contributed by atoms with E-state index in [1.54, 1.807) is 25.3 Å². The second-order valence-corrected chi connectivity index (χ2v) is 4.14. The van der Waals surface area contributed by atoms with Gasteiger partial charge in [0.15, 0.2) is 0 Å². The number of para-hydroxylation sites is 1. The van der Waals surface area contributed by atoms with Crippen molar-refractivity contribution in [3.8, 4) is 0 Å². The topological polar surface area (TPSA) is 75.8 Å². The number of ether oxygens (including phenoxy) is 1. The van der Waals surface area contributed by atoms with Gasteiger partial charge >= 0.3 is 5.97 Å². The molecule has 1 aromatic carbocycles. The highest BCUT2D eigenvalue weighted by atomic mass is 16.5. The first-order valence-electron chi connectivity index (χ1n) is 5.53. The predicted molar refractivity (Wildman–Crippen MR) is 65.4 cm³/mol. The van der Waals surface area contributed by atoms with Gasteiger partial charge in [-0.15, -0.1) is 0 Å². The highest BCUT2D eigenvalue weighted by Gasteiger charge is 2.26. The largest absolute Gasteiger partial charge is 0.478 e. The lowest BCUT2D eigenvalue weighted by atomic mass is 10.1. The molecule has 0 spiro atoms. The number of nitrogens with zero attached hydrogens (tertiary/aromatic N) is 1. The Morgan fingerprint density at radius 1 is 1.59 bits per heavy atom. The molecule has 0 saturated carbocycles. The molecular weight excluding hydrogens is 220 g/mol. The second kappa shape index (κ2) is 4.63. The first kappa shape index (κ1) is 11.7. The number of anilines is 2. The van der Waals surface area contributed by atoms with Crippen LogP contribution in [0.2, 0.25) is 0 Å². The van der Waals surface area contributed by atoms with E-state index in [0.29, 0.717) is 17.9 Å². The Bertz CT molecular complexity index is 434. The van der Waals surface area contributed by atoms with Crippen LogP contribution in [0.1, 0.15) is 16.8 Å². The van der Waals surface area contributed by atoms with E-state index in [2.05, 4.69) is 0 Å². The van der Waals surface area contributed by atoms with Gasteiger partial charge in [0.1, 0.15) is 0 Å². The fourth-order valence-corrected chi connectivity index (χ4v) is 2.21. The molecule has 1 aliphatic heterocycles. The molecule has 0 aromatic heterocycles. The van der Waals surface area contributed by atoms with E-state index in [-0.39, 0.29) is 11.7 Å². The number of aromatic carboxylic acids is 1. The normalized spacial score (nSPS) is 19.6. The van der Waals surface area contributed by atoms with Crippen molar-refractivity contribution >= 4 is 17.3 Å². The minimum absolute atomic E-state index is 0.149. The summed E-state index contributed by atoms with van der Waals surface area (Å²) in [5.41, 5.74) is 7.24. The van der Waals surface area contributed by atoms with Crippen molar-refractivity contribution in [3.05, 3.63) is 23.8 Å². The minimum atomic E-state index is -0.951. The molecule has 5 heteroatoms. The molecule has 1 aliphatic rings. The summed E-state index contributed by atoms with van der Waals surface area (Å²) < 4.78 is 5.27. The molecule has 1 saturated heterocycles. The lowest BCUT2D eigenvalue weighted by Gasteiger charge is -2.22. The third-order valence-corrected chi connectivity index (χ3v) is 3.09. The average molecular weight is 236 g/mol. The lowest BCUT2D eigenvalue weighted by Crippen LogP contribution is -2.25. The molecule has 1 aromatic rings. The molecule has 1 fully saturated rings. The van der Waals surface area contributed by atoms with Crippen LogP contribution in [0.15, 0.2) is 18.2 Å². The van der Waals surface area contributed by atoms with Crippen LogP contribution in [0, 0.1) is 0 Å². The number of rotatable bonds is 3. The summed E-state index contributed by atoms with van der Waals surface area (Å²) in [7, 11) is 1.67. The number of hydrogen-bond donors (Lipinski definition) is 2. The van der Waals surface area contributed by atoms with Gasteiger partial charge in [-0.25, -0.2) is 4.79 Å². The Kier molecular flexibility index (Phi) is 3.19. The van der Waals surface area contributed by atoms with Crippen molar-refractivity contribution in [2.45, 2.75) is 12.5 Å². The Balaban J connectivity index is 2.34. The average Bonchev–Trinajstić information content (AvgIpc) is 2.76. The molecule has 2 rings (SSSR count). The third-order valence-electron chi connectivity index (χ3n) is 3.09. The summed E-state index contributed by atoms with van der Waals surface area (Å²) in [6.45, 7) is 1.46. The predicted octanol–water partition coefficient (Wildman–Crippen LogP) is 1.19. The number of benzene rings is 1. The zero-order chi connectivity index (χ0) is 12.4. The summed E-state index contributed by atoms with van der Waals surface area (Å²) >= 11 is 0. The van der Waals surface area contributed by atoms with Crippen LogP contribution in [0.4, 0.5) is 11.4 Å². The zero-order valence-electron chi connectivity index (χ0n) is 9.72. The molecule has 92 valence electrons. The Morgan fingerprint density at radius 2 is 2.35 bits per heavy atom. The Morgan fingerprint density at radius 3 is 2.94 bits per heavy atom. The lowest BCUT2D eigenvalue weighted by molar-refractivity contribution is 0.0697. The van der Waals surface area contributed by atoms with Crippen LogP contribution in [0.5, 0.6) is 0 Å². The van der Waals surface area contributed by atoms with E-state index in [1.165, 1.54) is 0 Å². The molecule has 0 radical (unpaired) electrons. The smallest absolute Gasteiger partial charge is 0.337 e. The molecule has 0 aliphatic carbocycles. The standard InChI is InChI=1S/C12H16N2O3/c1-17-8-5-6-14(7-8)11-9(12(15)16)3-2-4-10(11)13/h2-4,8H,5-7,13H2,1H3,(H,15,16). The fourth-order valence-electron chi connectivity index (χ4n) is 2.21. The van der Waals surface area contributed by atoms with Crippen LogP contribution in [0.3, 0.4) is 0 Å². The van der Waals surface area contributed by atoms with Gasteiger partial charge in [-0.2, -0.15) is 0 Å². The van der Waals surface area contributed by atoms with Crippen LogP contribution in [-0.2, 0) is 4.74 Å². The summed E-state index contributed by atoms with van der Waals surface area (Å²) in [4.78, 5) is 13.1. The van der Waals surface area contributed by atoms with E-state index in [1.807, 2.05) is 4.90 Å². The van der Waals surface area contributed by atoms with Gasteiger partial charge in [0.2, 0.25) is 0 Å². The molecule has 5 nitrogen and oxygen atoms in total. The van der Waals surface area contributed by atoms with Crippen molar-refractivity contribution in [1.82, 2.24) is 0 Å². The highest BCUT2D eigenvalue weighted by molar-refractivity contribution is 5.98. The quantitative estimate of drug-likeness (QED) is 0.771. The molecule has 17 heavy (non-hydrogen) atoms. The highest BCUT2D eigenvalue weighted by Crippen LogP contribution is 2.31. The van der Waals surface area contributed by atoms with Crippen molar-refractivity contribution in [1.29, 1.82) is 0 Å². The van der Waals surface area contributed by atoms with Crippen LogP contribution >= 0.6 is 0 Å². The molecule has 1 heterocycles. The molecule has 0 bridgehead atoms. The van der Waals surface area contributed by atoms with E-state index < -0.39 is 5.97 Å². The third kappa shape index (κ3) is 2.19. The summed E-state index contributed by atoms with van der Waals surface area (Å²) in [6.07, 6.45) is 1.04. The van der Waals surface area contributed by atoms with Gasteiger partial charge < -0.3 is 20.5 Å². The maximum atomic E-state index is 11.2. The number of nitrogens with two attached hydrogens (primary N) is 1. The maximum absolute atomic E-state index is 11.2. The van der Waals surface area contributed by atoms with Gasteiger partial charge in [-0.1, -0.05) is 6.07 Å². The van der Waals surface area contributed by atoms with Crippen LogP contribution < -0.4 is 10.6 Å². The van der Waals surface area contributed by atoms with Gasteiger partial charge in [0.25, 0.3) is 0 Å².